The normalized spacial score (nSPS) is 14.5. The Kier molecular flexibility index (Phi) is 3.99. The van der Waals surface area contributed by atoms with Crippen molar-refractivity contribution >= 4 is 62.6 Å². The van der Waals surface area contributed by atoms with Gasteiger partial charge >= 0.3 is 0 Å². The predicted octanol–water partition coefficient (Wildman–Crippen LogP) is 1.78. The Bertz CT molecular complexity index is 535. The summed E-state index contributed by atoms with van der Waals surface area (Å²) in [5.74, 6) is 0. The Hall–Kier alpha value is 0.0200. The molecule has 4 N–H and O–H groups in total. The summed E-state index contributed by atoms with van der Waals surface area (Å²) in [5.41, 5.74) is 16.7. The molecule has 0 heterocycles. The highest BCUT2D eigenvalue weighted by Crippen LogP contribution is 2.16. The zero-order chi connectivity index (χ0) is 11.7. The van der Waals surface area contributed by atoms with Crippen LogP contribution in [0.3, 0.4) is 0 Å². The van der Waals surface area contributed by atoms with E-state index >= 15 is 0 Å². The van der Waals surface area contributed by atoms with Crippen LogP contribution in [0.15, 0.2) is 6.07 Å². The van der Waals surface area contributed by atoms with Gasteiger partial charge in [-0.05, 0) is 29.2 Å². The first-order valence-electron chi connectivity index (χ1n) is 5.20. The highest BCUT2D eigenvalue weighted by atomic mass is 127. The molecule has 0 atom stereocenters. The molecular formula is C12H14I2N2. The maximum atomic E-state index is 6.20. The van der Waals surface area contributed by atoms with Crippen molar-refractivity contribution in [3.63, 3.8) is 0 Å². The number of fused-ring (bicyclic) bond motifs is 1. The summed E-state index contributed by atoms with van der Waals surface area (Å²) in [5, 5.41) is 2.37. The number of nitrogens with two attached hydrogens (primary N) is 2. The number of halogens is 2. The minimum absolute atomic E-state index is 0.881. The number of rotatable bonds is 2. The lowest BCUT2D eigenvalue weighted by Gasteiger charge is -2.14. The molecule has 16 heavy (non-hydrogen) atoms. The van der Waals surface area contributed by atoms with Crippen LogP contribution in [0.5, 0.6) is 0 Å². The molecular weight excluding hydrogens is 426 g/mol. The Morgan fingerprint density at radius 1 is 1.12 bits per heavy atom. The molecule has 0 unspecified atom stereocenters. The van der Waals surface area contributed by atoms with Gasteiger partial charge in [-0.15, -0.1) is 0 Å². The molecule has 0 saturated carbocycles. The lowest BCUT2D eigenvalue weighted by molar-refractivity contribution is 1.04. The molecule has 2 rings (SSSR count). The van der Waals surface area contributed by atoms with Crippen LogP contribution >= 0.6 is 45.2 Å². The van der Waals surface area contributed by atoms with E-state index in [2.05, 4.69) is 57.3 Å². The number of hydrogen-bond donors (Lipinski definition) is 2. The summed E-state index contributed by atoms with van der Waals surface area (Å²) in [6.45, 7) is 0. The van der Waals surface area contributed by atoms with E-state index in [0.717, 1.165) is 38.3 Å². The van der Waals surface area contributed by atoms with E-state index < -0.39 is 0 Å². The first kappa shape index (κ1) is 12.5. The van der Waals surface area contributed by atoms with E-state index in [1.165, 1.54) is 16.3 Å². The average Bonchev–Trinajstić information content (AvgIpc) is 2.30. The van der Waals surface area contributed by atoms with Crippen LogP contribution < -0.4 is 21.9 Å². The maximum absolute atomic E-state index is 6.20. The summed E-state index contributed by atoms with van der Waals surface area (Å²) >= 11 is 4.75. The van der Waals surface area contributed by atoms with E-state index in [1.807, 2.05) is 0 Å². The van der Waals surface area contributed by atoms with Crippen molar-refractivity contribution in [2.45, 2.75) is 21.7 Å². The fourth-order valence-electron chi connectivity index (χ4n) is 2.13. The van der Waals surface area contributed by atoms with Gasteiger partial charge in [0.1, 0.15) is 0 Å². The van der Waals surface area contributed by atoms with Crippen molar-refractivity contribution in [3.05, 3.63) is 27.6 Å². The van der Waals surface area contributed by atoms with Gasteiger partial charge in [-0.1, -0.05) is 57.3 Å². The topological polar surface area (TPSA) is 52.0 Å². The number of hydrogen-bond acceptors (Lipinski definition) is 2. The molecule has 0 saturated heterocycles. The van der Waals surface area contributed by atoms with Gasteiger partial charge in [-0.25, -0.2) is 0 Å². The molecule has 0 radical (unpaired) electrons. The van der Waals surface area contributed by atoms with Gasteiger partial charge in [0.25, 0.3) is 0 Å². The van der Waals surface area contributed by atoms with E-state index in [4.69, 9.17) is 11.5 Å². The average molecular weight is 440 g/mol. The second-order valence-electron chi connectivity index (χ2n) is 3.93. The predicted molar refractivity (Wildman–Crippen MR) is 86.8 cm³/mol. The van der Waals surface area contributed by atoms with E-state index in [1.54, 1.807) is 0 Å². The summed E-state index contributed by atoms with van der Waals surface area (Å²) in [4.78, 5) is 0. The molecule has 1 aliphatic carbocycles. The van der Waals surface area contributed by atoms with Gasteiger partial charge in [0.15, 0.2) is 0 Å². The summed E-state index contributed by atoms with van der Waals surface area (Å²) < 4.78 is 1.95. The Morgan fingerprint density at radius 3 is 2.44 bits per heavy atom. The zero-order valence-corrected chi connectivity index (χ0v) is 13.2. The molecule has 1 aromatic rings. The molecule has 1 aliphatic rings. The van der Waals surface area contributed by atoms with Crippen molar-refractivity contribution in [1.29, 1.82) is 0 Å². The van der Waals surface area contributed by atoms with Crippen LogP contribution in [0, 0.1) is 0 Å². The van der Waals surface area contributed by atoms with Crippen LogP contribution in [0.2, 0.25) is 0 Å². The van der Waals surface area contributed by atoms with Crippen LogP contribution in [-0.2, 0) is 8.86 Å². The van der Waals surface area contributed by atoms with Crippen LogP contribution in [0.25, 0.3) is 11.8 Å². The Labute approximate surface area is 122 Å². The molecule has 0 fully saturated rings. The third kappa shape index (κ3) is 2.05. The van der Waals surface area contributed by atoms with Gasteiger partial charge in [0.05, 0.1) is 0 Å². The highest BCUT2D eigenvalue weighted by molar-refractivity contribution is 14.1. The lowest BCUT2D eigenvalue weighted by atomic mass is 9.97. The zero-order valence-electron chi connectivity index (χ0n) is 8.89. The van der Waals surface area contributed by atoms with Crippen LogP contribution in [0.4, 0.5) is 5.69 Å². The Balaban J connectivity index is 2.92. The number of nitrogen functional groups attached to an aromatic ring is 1. The fourth-order valence-corrected chi connectivity index (χ4v) is 3.39. The summed E-state index contributed by atoms with van der Waals surface area (Å²) in [6, 6.07) is 2.22. The number of alkyl halides is 2. The lowest BCUT2D eigenvalue weighted by Crippen LogP contribution is -2.38. The van der Waals surface area contributed by atoms with Gasteiger partial charge < -0.3 is 11.5 Å². The molecule has 0 spiro atoms. The first-order chi connectivity index (χ1) is 7.69. The van der Waals surface area contributed by atoms with E-state index in [9.17, 15) is 0 Å². The molecule has 0 bridgehead atoms. The van der Waals surface area contributed by atoms with E-state index in [-0.39, 0.29) is 0 Å². The van der Waals surface area contributed by atoms with Crippen LogP contribution in [0.1, 0.15) is 24.0 Å². The number of anilines is 1. The van der Waals surface area contributed by atoms with Crippen LogP contribution in [-0.4, -0.2) is 0 Å². The second kappa shape index (κ2) is 5.12. The molecule has 4 heteroatoms. The Morgan fingerprint density at radius 2 is 1.81 bits per heavy atom. The molecule has 86 valence electrons. The minimum Gasteiger partial charge on any atom is -0.401 e. The minimum atomic E-state index is 0.881. The summed E-state index contributed by atoms with van der Waals surface area (Å²) in [6.07, 6.45) is 4.24. The monoisotopic (exact) mass is 440 g/mol. The largest absolute Gasteiger partial charge is 0.401 e. The third-order valence-corrected chi connectivity index (χ3v) is 4.59. The SMILES string of the molecule is NC1=c2c(N)c(CI)cc(CI)c2=CCC1. The van der Waals surface area contributed by atoms with Crippen molar-refractivity contribution in [1.82, 2.24) is 0 Å². The van der Waals surface area contributed by atoms with Gasteiger partial charge in [-0.3, -0.25) is 0 Å². The van der Waals surface area contributed by atoms with Crippen molar-refractivity contribution < 1.29 is 0 Å². The van der Waals surface area contributed by atoms with Crippen molar-refractivity contribution in [2.24, 2.45) is 5.73 Å². The van der Waals surface area contributed by atoms with Gasteiger partial charge in [-0.2, -0.15) is 0 Å². The quantitative estimate of drug-likeness (QED) is 0.419. The van der Waals surface area contributed by atoms with Crippen molar-refractivity contribution in [2.75, 3.05) is 5.73 Å². The maximum Gasteiger partial charge on any atom is 0.0451 e. The molecule has 0 aromatic heterocycles. The van der Waals surface area contributed by atoms with Crippen molar-refractivity contribution in [3.8, 4) is 0 Å². The number of benzene rings is 1. The molecule has 2 nitrogen and oxygen atoms in total. The molecule has 0 aliphatic heterocycles. The van der Waals surface area contributed by atoms with Gasteiger partial charge in [0.2, 0.25) is 0 Å². The smallest absolute Gasteiger partial charge is 0.0451 e. The van der Waals surface area contributed by atoms with Gasteiger partial charge in [0, 0.05) is 25.5 Å². The highest BCUT2D eigenvalue weighted by Gasteiger charge is 2.10. The fraction of sp³-hybridized carbons (Fsp3) is 0.333. The molecule has 0 amide bonds. The van der Waals surface area contributed by atoms with E-state index in [0.29, 0.717) is 0 Å². The first-order valence-corrected chi connectivity index (χ1v) is 8.25. The second-order valence-corrected chi connectivity index (χ2v) is 5.46. The summed E-state index contributed by atoms with van der Waals surface area (Å²) in [7, 11) is 0. The standard InChI is InChI=1S/C12H14I2N2/c13-5-7-4-8(6-14)12(16)11-9(7)2-1-3-10(11)15/h2,4H,1,3,5-6,15-16H2. The third-order valence-electron chi connectivity index (χ3n) is 2.95. The molecule has 1 aromatic carbocycles.